The molecule has 18 heavy (non-hydrogen) atoms. The van der Waals surface area contributed by atoms with Gasteiger partial charge in [0.25, 0.3) is 0 Å². The molecule has 1 nitrogen and oxygen atoms in total. The summed E-state index contributed by atoms with van der Waals surface area (Å²) in [6.07, 6.45) is -0.0270. The van der Waals surface area contributed by atoms with Crippen LogP contribution in [-0.2, 0) is 6.18 Å². The average molecular weight is 251 g/mol. The summed E-state index contributed by atoms with van der Waals surface area (Å²) in [6, 6.07) is 7.37. The Kier molecular flexibility index (Phi) is 3.42. The molecule has 0 spiro atoms. The van der Waals surface area contributed by atoms with Crippen LogP contribution in [-0.4, -0.2) is 0 Å². The Balaban J connectivity index is 2.37. The summed E-state index contributed by atoms with van der Waals surface area (Å²) in [5, 5.41) is 9.01. The Labute approximate surface area is 104 Å². The molecule has 1 aromatic rings. The predicted molar refractivity (Wildman–Crippen MR) is 61.7 cm³/mol. The van der Waals surface area contributed by atoms with E-state index in [1.165, 1.54) is 6.07 Å². The van der Waals surface area contributed by atoms with Gasteiger partial charge in [-0.1, -0.05) is 24.3 Å². The maximum Gasteiger partial charge on any atom is 0.416 e. The molecule has 1 aromatic carbocycles. The number of allylic oxidation sites excluding steroid dienone is 2. The lowest BCUT2D eigenvalue weighted by molar-refractivity contribution is -0.137. The maximum atomic E-state index is 12.6. The molecule has 0 bridgehead atoms. The topological polar surface area (TPSA) is 23.8 Å². The van der Waals surface area contributed by atoms with Crippen molar-refractivity contribution < 1.29 is 13.2 Å². The molecule has 0 saturated carbocycles. The first-order chi connectivity index (χ1) is 8.52. The highest BCUT2D eigenvalue weighted by molar-refractivity contribution is 5.39. The van der Waals surface area contributed by atoms with Crippen LogP contribution in [0.15, 0.2) is 35.9 Å². The molecule has 0 N–H and O–H groups in total. The third-order valence-corrected chi connectivity index (χ3v) is 3.18. The number of alkyl halides is 3. The Hall–Kier alpha value is -1.76. The fourth-order valence-electron chi connectivity index (χ4n) is 2.28. The van der Waals surface area contributed by atoms with E-state index in [0.717, 1.165) is 31.4 Å². The van der Waals surface area contributed by atoms with Crippen molar-refractivity contribution in [2.45, 2.75) is 31.4 Å². The summed E-state index contributed by atoms with van der Waals surface area (Å²) in [5.74, 6) is -0.189. The SMILES string of the molecule is N#CC1=CCCCC1c1cccc(C(F)(F)F)c1. The Bertz CT molecular complexity index is 509. The number of rotatable bonds is 1. The fraction of sp³-hybridized carbons (Fsp3) is 0.357. The molecule has 4 heteroatoms. The van der Waals surface area contributed by atoms with Gasteiger partial charge in [-0.05, 0) is 30.9 Å². The molecule has 94 valence electrons. The second-order valence-electron chi connectivity index (χ2n) is 4.38. The molecule has 0 saturated heterocycles. The van der Waals surface area contributed by atoms with Crippen molar-refractivity contribution in [2.75, 3.05) is 0 Å². The van der Waals surface area contributed by atoms with Crippen LogP contribution in [0.3, 0.4) is 0 Å². The minimum absolute atomic E-state index is 0.189. The first kappa shape index (κ1) is 12.7. The van der Waals surface area contributed by atoms with E-state index in [1.807, 2.05) is 6.08 Å². The van der Waals surface area contributed by atoms with Crippen molar-refractivity contribution in [1.29, 1.82) is 5.26 Å². The van der Waals surface area contributed by atoms with Crippen molar-refractivity contribution in [3.8, 4) is 6.07 Å². The average Bonchev–Trinajstić information content (AvgIpc) is 2.38. The zero-order valence-corrected chi connectivity index (χ0v) is 9.67. The van der Waals surface area contributed by atoms with E-state index >= 15 is 0 Å². The second-order valence-corrected chi connectivity index (χ2v) is 4.38. The van der Waals surface area contributed by atoms with Gasteiger partial charge in [0, 0.05) is 11.5 Å². The van der Waals surface area contributed by atoms with Crippen LogP contribution in [0, 0.1) is 11.3 Å². The molecule has 0 fully saturated rings. The summed E-state index contributed by atoms with van der Waals surface area (Å²) in [7, 11) is 0. The predicted octanol–water partition coefficient (Wildman–Crippen LogP) is 4.42. The highest BCUT2D eigenvalue weighted by Gasteiger charge is 2.31. The number of nitriles is 1. The lowest BCUT2D eigenvalue weighted by Gasteiger charge is -2.21. The molecule has 0 aromatic heterocycles. The van der Waals surface area contributed by atoms with Gasteiger partial charge in [-0.2, -0.15) is 18.4 Å². The molecule has 1 aliphatic rings. The van der Waals surface area contributed by atoms with Crippen LogP contribution in [0.25, 0.3) is 0 Å². The summed E-state index contributed by atoms with van der Waals surface area (Å²) in [4.78, 5) is 0. The monoisotopic (exact) mass is 251 g/mol. The molecular formula is C14H12F3N. The zero-order chi connectivity index (χ0) is 13.2. The summed E-state index contributed by atoms with van der Waals surface area (Å²) in [6.45, 7) is 0. The molecule has 1 atom stereocenters. The van der Waals surface area contributed by atoms with Gasteiger partial charge in [0.1, 0.15) is 0 Å². The summed E-state index contributed by atoms with van der Waals surface area (Å²) < 4.78 is 37.9. The van der Waals surface area contributed by atoms with Gasteiger partial charge < -0.3 is 0 Å². The van der Waals surface area contributed by atoms with Crippen molar-refractivity contribution >= 4 is 0 Å². The van der Waals surface area contributed by atoms with Gasteiger partial charge in [-0.25, -0.2) is 0 Å². The highest BCUT2D eigenvalue weighted by Crippen LogP contribution is 2.36. The maximum absolute atomic E-state index is 12.6. The largest absolute Gasteiger partial charge is 0.416 e. The van der Waals surface area contributed by atoms with E-state index in [-0.39, 0.29) is 5.92 Å². The van der Waals surface area contributed by atoms with Crippen LogP contribution in [0.4, 0.5) is 13.2 Å². The Morgan fingerprint density at radius 2 is 2.06 bits per heavy atom. The van der Waals surface area contributed by atoms with Gasteiger partial charge in [0.05, 0.1) is 11.6 Å². The molecule has 1 unspecified atom stereocenters. The first-order valence-electron chi connectivity index (χ1n) is 5.79. The molecule has 0 aliphatic heterocycles. The first-order valence-corrected chi connectivity index (χ1v) is 5.79. The third-order valence-electron chi connectivity index (χ3n) is 3.18. The van der Waals surface area contributed by atoms with E-state index in [9.17, 15) is 13.2 Å². The number of nitrogens with zero attached hydrogens (tertiary/aromatic N) is 1. The molecular weight excluding hydrogens is 239 g/mol. The normalized spacial score (nSPS) is 20.1. The van der Waals surface area contributed by atoms with Gasteiger partial charge in [-0.15, -0.1) is 0 Å². The minimum atomic E-state index is -4.33. The summed E-state index contributed by atoms with van der Waals surface area (Å²) >= 11 is 0. The number of benzene rings is 1. The third kappa shape index (κ3) is 2.56. The molecule has 2 rings (SSSR count). The van der Waals surface area contributed by atoms with Crippen molar-refractivity contribution in [1.82, 2.24) is 0 Å². The van der Waals surface area contributed by atoms with E-state index < -0.39 is 11.7 Å². The van der Waals surface area contributed by atoms with Gasteiger partial charge in [-0.3, -0.25) is 0 Å². The van der Waals surface area contributed by atoms with Gasteiger partial charge in [0.15, 0.2) is 0 Å². The lowest BCUT2D eigenvalue weighted by Crippen LogP contribution is -2.09. The second kappa shape index (κ2) is 4.85. The molecule has 0 radical (unpaired) electrons. The van der Waals surface area contributed by atoms with Gasteiger partial charge >= 0.3 is 6.18 Å². The Morgan fingerprint density at radius 3 is 2.72 bits per heavy atom. The number of hydrogen-bond donors (Lipinski definition) is 0. The zero-order valence-electron chi connectivity index (χ0n) is 9.67. The molecule has 0 heterocycles. The van der Waals surface area contributed by atoms with Crippen LogP contribution in [0.2, 0.25) is 0 Å². The number of halogens is 3. The standard InChI is InChI=1S/C14H12F3N/c15-14(16,17)12-6-3-5-10(8-12)13-7-2-1-4-11(13)9-18/h3-6,8,13H,1-2,7H2. The van der Waals surface area contributed by atoms with E-state index in [4.69, 9.17) is 5.26 Å². The van der Waals surface area contributed by atoms with Crippen LogP contribution >= 0.6 is 0 Å². The van der Waals surface area contributed by atoms with Crippen LogP contribution in [0.1, 0.15) is 36.3 Å². The van der Waals surface area contributed by atoms with Crippen molar-refractivity contribution in [3.63, 3.8) is 0 Å². The van der Waals surface area contributed by atoms with E-state index in [2.05, 4.69) is 6.07 Å². The smallest absolute Gasteiger partial charge is 0.193 e. The van der Waals surface area contributed by atoms with Crippen molar-refractivity contribution in [3.05, 3.63) is 47.0 Å². The minimum Gasteiger partial charge on any atom is -0.193 e. The number of hydrogen-bond acceptors (Lipinski definition) is 1. The summed E-state index contributed by atoms with van der Waals surface area (Å²) in [5.41, 5.74) is 0.515. The van der Waals surface area contributed by atoms with Crippen LogP contribution in [0.5, 0.6) is 0 Å². The Morgan fingerprint density at radius 1 is 1.28 bits per heavy atom. The van der Waals surface area contributed by atoms with E-state index in [1.54, 1.807) is 6.07 Å². The van der Waals surface area contributed by atoms with Crippen LogP contribution < -0.4 is 0 Å². The molecule has 0 amide bonds. The fourth-order valence-corrected chi connectivity index (χ4v) is 2.28. The lowest BCUT2D eigenvalue weighted by atomic mass is 9.82. The highest BCUT2D eigenvalue weighted by atomic mass is 19.4. The van der Waals surface area contributed by atoms with E-state index in [0.29, 0.717) is 11.1 Å². The van der Waals surface area contributed by atoms with Crippen molar-refractivity contribution in [2.24, 2.45) is 0 Å². The van der Waals surface area contributed by atoms with Gasteiger partial charge in [0.2, 0.25) is 0 Å². The molecule has 1 aliphatic carbocycles. The quantitative estimate of drug-likeness (QED) is 0.724.